The fraction of sp³-hybridized carbons (Fsp3) is 0.0377. The van der Waals surface area contributed by atoms with Crippen molar-refractivity contribution in [3.05, 3.63) is 211 Å². The third-order valence-corrected chi connectivity index (χ3v) is 17.3. The molecular weight excluding hydrogens is 735 g/mol. The molecule has 0 unspecified atom stereocenters. The van der Waals surface area contributed by atoms with E-state index in [2.05, 4.69) is 209 Å². The normalized spacial score (nSPS) is 12.6. The predicted octanol–water partition coefficient (Wildman–Crippen LogP) is 9.21. The monoisotopic (exact) mass is 771 g/mol. The smallest absolute Gasteiger partial charge is 0.240 e. The molecule has 0 amide bonds. The summed E-state index contributed by atoms with van der Waals surface area (Å²) in [5.74, 6) is 1.86. The van der Waals surface area contributed by atoms with Crippen molar-refractivity contribution in [3.63, 3.8) is 0 Å². The minimum absolute atomic E-state index is 0.607. The van der Waals surface area contributed by atoms with Gasteiger partial charge in [-0.2, -0.15) is 15.0 Å². The molecule has 0 atom stereocenters. The first-order valence-electron chi connectivity index (χ1n) is 20.3. The third kappa shape index (κ3) is 5.00. The van der Waals surface area contributed by atoms with E-state index >= 15 is 0 Å². The topological polar surface area (TPSA) is 48.5 Å². The van der Waals surface area contributed by atoms with Crippen LogP contribution in [-0.4, -0.2) is 32.2 Å². The van der Waals surface area contributed by atoms with Crippen molar-refractivity contribution in [2.45, 2.75) is 12.8 Å². The van der Waals surface area contributed by atoms with E-state index in [1.165, 1.54) is 53.4 Å². The Morgan fingerprint density at radius 2 is 0.763 bits per heavy atom. The molecule has 5 nitrogen and oxygen atoms in total. The number of aryl methyl sites for hydroxylation is 2. The lowest BCUT2D eigenvalue weighted by Gasteiger charge is -2.35. The first-order chi connectivity index (χ1) is 29.3. The summed E-state index contributed by atoms with van der Waals surface area (Å²) in [5.41, 5.74) is 7.99. The molecule has 0 radical (unpaired) electrons. The maximum Gasteiger partial charge on any atom is 0.240 e. The average molecular weight is 772 g/mol. The molecule has 11 aromatic rings. The van der Waals surface area contributed by atoms with Crippen LogP contribution in [0.1, 0.15) is 11.1 Å². The van der Waals surface area contributed by atoms with Crippen LogP contribution in [0.5, 0.6) is 0 Å². The Morgan fingerprint density at radius 3 is 1.25 bits per heavy atom. The van der Waals surface area contributed by atoms with Crippen LogP contribution < -0.4 is 20.7 Å². The van der Waals surface area contributed by atoms with E-state index in [1.54, 1.807) is 0 Å². The molecule has 2 bridgehead atoms. The molecule has 1 aliphatic rings. The molecule has 278 valence electrons. The highest BCUT2D eigenvalue weighted by Crippen LogP contribution is 2.38. The van der Waals surface area contributed by atoms with E-state index < -0.39 is 8.07 Å². The van der Waals surface area contributed by atoms with Gasteiger partial charge in [-0.1, -0.05) is 188 Å². The first-order valence-corrected chi connectivity index (χ1v) is 22.3. The van der Waals surface area contributed by atoms with Crippen LogP contribution in [0.2, 0.25) is 0 Å². The Labute approximate surface area is 342 Å². The summed E-state index contributed by atoms with van der Waals surface area (Å²) in [7, 11) is -2.99. The molecule has 0 N–H and O–H groups in total. The molecule has 8 aromatic carbocycles. The molecule has 0 fully saturated rings. The lowest BCUT2D eigenvalue weighted by Crippen LogP contribution is -2.75. The van der Waals surface area contributed by atoms with E-state index in [0.717, 1.165) is 40.5 Å². The molecule has 59 heavy (non-hydrogen) atoms. The standard InChI is InChI=1S/C53H37N5Si/c1-4-20-38(21-5-1)59(39-22-6-2-7-23-39,40-24-8-3-9-25-40)48-33-15-12-28-45(48)51-54-52-56-53(55-51)58-47-32-14-11-27-42(47)44-30-17-19-37(50(44)58)35-34-36-18-16-29-43-41-26-10-13-31-46(41)57(52)49(36)43/h1-33H,34-35H2. The van der Waals surface area contributed by atoms with E-state index in [1.807, 2.05) is 0 Å². The minimum atomic E-state index is -2.99. The zero-order chi connectivity index (χ0) is 38.9. The highest BCUT2D eigenvalue weighted by molar-refractivity contribution is 7.20. The number of benzene rings is 8. The van der Waals surface area contributed by atoms with E-state index in [4.69, 9.17) is 15.0 Å². The summed E-state index contributed by atoms with van der Waals surface area (Å²) in [6, 6.07) is 72.9. The second kappa shape index (κ2) is 13.3. The van der Waals surface area contributed by atoms with Gasteiger partial charge in [0.2, 0.25) is 11.9 Å². The van der Waals surface area contributed by atoms with Crippen LogP contribution in [0, 0.1) is 0 Å². The first kappa shape index (κ1) is 33.7. The zero-order valence-corrected chi connectivity index (χ0v) is 33.2. The predicted molar refractivity (Wildman–Crippen MR) is 245 cm³/mol. The lowest BCUT2D eigenvalue weighted by molar-refractivity contribution is 0.892. The largest absolute Gasteiger partial charge is 0.277 e. The Morgan fingerprint density at radius 1 is 0.356 bits per heavy atom. The average Bonchev–Trinajstić information content (AvgIpc) is 3.83. The van der Waals surface area contributed by atoms with Gasteiger partial charge in [0.1, 0.15) is 0 Å². The van der Waals surface area contributed by atoms with E-state index in [9.17, 15) is 0 Å². The summed E-state index contributed by atoms with van der Waals surface area (Å²) in [4.78, 5) is 16.8. The van der Waals surface area contributed by atoms with Crippen molar-refractivity contribution >= 4 is 72.4 Å². The Hall–Kier alpha value is -7.41. The van der Waals surface area contributed by atoms with Gasteiger partial charge in [-0.05, 0) is 56.8 Å². The van der Waals surface area contributed by atoms with Gasteiger partial charge in [-0.25, -0.2) is 0 Å². The third-order valence-electron chi connectivity index (χ3n) is 12.4. The van der Waals surface area contributed by atoms with Gasteiger partial charge >= 0.3 is 0 Å². The number of hydrogen-bond acceptors (Lipinski definition) is 3. The fourth-order valence-corrected chi connectivity index (χ4v) is 14.9. The van der Waals surface area contributed by atoms with Crippen LogP contribution in [0.25, 0.3) is 66.9 Å². The summed E-state index contributed by atoms with van der Waals surface area (Å²) < 4.78 is 4.60. The van der Waals surface area contributed by atoms with E-state index in [-0.39, 0.29) is 0 Å². The second-order valence-electron chi connectivity index (χ2n) is 15.5. The molecule has 3 aromatic heterocycles. The van der Waals surface area contributed by atoms with Crippen molar-refractivity contribution < 1.29 is 0 Å². The number of aromatic nitrogens is 5. The van der Waals surface area contributed by atoms with E-state index in [0.29, 0.717) is 17.7 Å². The minimum Gasteiger partial charge on any atom is -0.277 e. The number of fused-ring (bicyclic) bond motifs is 10. The van der Waals surface area contributed by atoms with Gasteiger partial charge < -0.3 is 0 Å². The van der Waals surface area contributed by atoms with Crippen molar-refractivity contribution in [2.24, 2.45) is 0 Å². The van der Waals surface area contributed by atoms with Gasteiger partial charge in [0.25, 0.3) is 0 Å². The molecule has 12 rings (SSSR count). The number of nitrogens with zero attached hydrogens (tertiary/aromatic N) is 5. The Kier molecular flexibility index (Phi) is 7.62. The highest BCUT2D eigenvalue weighted by Gasteiger charge is 2.43. The van der Waals surface area contributed by atoms with Gasteiger partial charge in [0.15, 0.2) is 13.9 Å². The van der Waals surface area contributed by atoms with Crippen molar-refractivity contribution in [1.82, 2.24) is 24.1 Å². The van der Waals surface area contributed by atoms with Crippen LogP contribution in [-0.2, 0) is 12.8 Å². The fourth-order valence-electron chi connectivity index (χ4n) is 9.98. The molecule has 0 saturated heterocycles. The molecule has 1 aliphatic heterocycles. The van der Waals surface area contributed by atoms with Gasteiger partial charge in [-0.15, -0.1) is 0 Å². The molecule has 4 heterocycles. The van der Waals surface area contributed by atoms with Gasteiger partial charge in [-0.3, -0.25) is 9.13 Å². The van der Waals surface area contributed by atoms with Gasteiger partial charge in [0, 0.05) is 27.1 Å². The SMILES string of the molecule is c1ccc([Si](c2ccccc2)(c2ccccc2)c2ccccc2-c2nc3nc(n2)-n2c4ccccc4c4cccc(c42)CCc2cccc4c5ccccc5n-3c24)cc1. The molecule has 0 aliphatic carbocycles. The van der Waals surface area contributed by atoms with Crippen molar-refractivity contribution in [3.8, 4) is 23.3 Å². The maximum absolute atomic E-state index is 5.61. The lowest BCUT2D eigenvalue weighted by atomic mass is 10.00. The molecular formula is C53H37N5Si. The van der Waals surface area contributed by atoms with Crippen LogP contribution >= 0.6 is 0 Å². The van der Waals surface area contributed by atoms with Crippen molar-refractivity contribution in [1.29, 1.82) is 0 Å². The van der Waals surface area contributed by atoms with Crippen LogP contribution in [0.4, 0.5) is 0 Å². The number of para-hydroxylation sites is 4. The molecule has 6 heteroatoms. The van der Waals surface area contributed by atoms with Crippen LogP contribution in [0.3, 0.4) is 0 Å². The quantitative estimate of drug-likeness (QED) is 0.130. The van der Waals surface area contributed by atoms with Crippen LogP contribution in [0.15, 0.2) is 200 Å². The highest BCUT2D eigenvalue weighted by atomic mass is 28.3. The summed E-state index contributed by atoms with van der Waals surface area (Å²) in [6.45, 7) is 0. The number of rotatable bonds is 5. The molecule has 0 spiro atoms. The van der Waals surface area contributed by atoms with Crippen molar-refractivity contribution in [2.75, 3.05) is 0 Å². The molecule has 0 saturated carbocycles. The summed E-state index contributed by atoms with van der Waals surface area (Å²) >= 11 is 0. The summed E-state index contributed by atoms with van der Waals surface area (Å²) in [5, 5.41) is 9.88. The number of hydrogen-bond donors (Lipinski definition) is 0. The second-order valence-corrected chi connectivity index (χ2v) is 19.3. The Bertz CT molecular complexity index is 3150. The zero-order valence-electron chi connectivity index (χ0n) is 32.2. The Balaban J connectivity index is 1.25. The summed E-state index contributed by atoms with van der Waals surface area (Å²) in [6.07, 6.45) is 1.74. The van der Waals surface area contributed by atoms with Gasteiger partial charge in [0.05, 0.1) is 22.1 Å². The maximum atomic E-state index is 5.61.